The molecule has 0 aliphatic carbocycles. The van der Waals surface area contributed by atoms with Gasteiger partial charge in [0, 0.05) is 13.1 Å². The van der Waals surface area contributed by atoms with Gasteiger partial charge in [-0.25, -0.2) is 4.79 Å². The van der Waals surface area contributed by atoms with Crippen molar-refractivity contribution >= 4 is 6.09 Å². The number of nitrogens with one attached hydrogen (secondary N) is 1. The van der Waals surface area contributed by atoms with Crippen molar-refractivity contribution in [1.29, 1.82) is 0 Å². The van der Waals surface area contributed by atoms with Crippen LogP contribution in [0.2, 0.25) is 0 Å². The molecule has 0 saturated carbocycles. The van der Waals surface area contributed by atoms with E-state index < -0.39 is 6.09 Å². The molecule has 0 bridgehead atoms. The summed E-state index contributed by atoms with van der Waals surface area (Å²) in [5.41, 5.74) is 0.529. The normalized spacial score (nSPS) is 28.4. The third-order valence-electron chi connectivity index (χ3n) is 4.94. The zero-order valence-corrected chi connectivity index (χ0v) is 11.8. The Kier molecular flexibility index (Phi) is 3.58. The minimum atomic E-state index is -0.756. The summed E-state index contributed by atoms with van der Waals surface area (Å²) in [5, 5.41) is 12.7. The van der Waals surface area contributed by atoms with Crippen LogP contribution in [0.3, 0.4) is 0 Å². The van der Waals surface area contributed by atoms with Crippen LogP contribution in [-0.4, -0.2) is 42.3 Å². The van der Waals surface area contributed by atoms with Gasteiger partial charge in [-0.05, 0) is 49.1 Å². The number of likely N-dealkylation sites (tertiary alicyclic amines) is 1. The minimum absolute atomic E-state index is 0.172. The standard InChI is InChI=1S/C14H26N2O2/c1-13(2,3)11-10-16(12(17)18)9-6-14(11)4-7-15-8-5-14/h11,15H,4-10H2,1-3H3,(H,17,18). The lowest BCUT2D eigenvalue weighted by atomic mass is 9.57. The van der Waals surface area contributed by atoms with Gasteiger partial charge >= 0.3 is 6.09 Å². The van der Waals surface area contributed by atoms with E-state index in [-0.39, 0.29) is 5.41 Å². The summed E-state index contributed by atoms with van der Waals surface area (Å²) in [5.74, 6) is 0.469. The van der Waals surface area contributed by atoms with Gasteiger partial charge in [-0.3, -0.25) is 0 Å². The van der Waals surface area contributed by atoms with Gasteiger partial charge < -0.3 is 15.3 Å². The van der Waals surface area contributed by atoms with Crippen LogP contribution in [-0.2, 0) is 0 Å². The highest BCUT2D eigenvalue weighted by Gasteiger charge is 2.48. The van der Waals surface area contributed by atoms with Gasteiger partial charge in [-0.2, -0.15) is 0 Å². The fourth-order valence-corrected chi connectivity index (χ4v) is 3.93. The van der Waals surface area contributed by atoms with Crippen LogP contribution in [0.25, 0.3) is 0 Å². The van der Waals surface area contributed by atoms with Crippen molar-refractivity contribution in [3.05, 3.63) is 0 Å². The van der Waals surface area contributed by atoms with Crippen molar-refractivity contribution in [3.63, 3.8) is 0 Å². The molecule has 2 saturated heterocycles. The molecule has 104 valence electrons. The molecule has 2 N–H and O–H groups in total. The third-order valence-corrected chi connectivity index (χ3v) is 4.94. The van der Waals surface area contributed by atoms with Gasteiger partial charge in [0.05, 0.1) is 0 Å². The molecule has 4 nitrogen and oxygen atoms in total. The second kappa shape index (κ2) is 4.72. The molecule has 2 rings (SSSR count). The maximum absolute atomic E-state index is 11.2. The van der Waals surface area contributed by atoms with Gasteiger partial charge in [-0.15, -0.1) is 0 Å². The molecule has 0 aromatic heterocycles. The smallest absolute Gasteiger partial charge is 0.407 e. The highest BCUT2D eigenvalue weighted by molar-refractivity contribution is 5.65. The lowest BCUT2D eigenvalue weighted by Crippen LogP contribution is -2.56. The fourth-order valence-electron chi connectivity index (χ4n) is 3.93. The Bertz CT molecular complexity index is 316. The second-order valence-electron chi connectivity index (χ2n) is 7.01. The van der Waals surface area contributed by atoms with Crippen molar-refractivity contribution in [2.24, 2.45) is 16.7 Å². The van der Waals surface area contributed by atoms with Crippen LogP contribution in [0.1, 0.15) is 40.0 Å². The Morgan fingerprint density at radius 1 is 1.28 bits per heavy atom. The molecular formula is C14H26N2O2. The second-order valence-corrected chi connectivity index (χ2v) is 7.01. The molecule has 2 heterocycles. The van der Waals surface area contributed by atoms with E-state index in [0.717, 1.165) is 19.5 Å². The van der Waals surface area contributed by atoms with E-state index in [9.17, 15) is 9.90 Å². The number of rotatable bonds is 0. The summed E-state index contributed by atoms with van der Waals surface area (Å²) in [7, 11) is 0. The Balaban J connectivity index is 2.21. The van der Waals surface area contributed by atoms with E-state index in [1.165, 1.54) is 12.8 Å². The lowest BCUT2D eigenvalue weighted by Gasteiger charge is -2.54. The Morgan fingerprint density at radius 2 is 1.89 bits per heavy atom. The molecule has 0 aromatic carbocycles. The molecule has 2 aliphatic rings. The van der Waals surface area contributed by atoms with Crippen LogP contribution < -0.4 is 5.32 Å². The minimum Gasteiger partial charge on any atom is -0.465 e. The average Bonchev–Trinajstić information content (AvgIpc) is 2.28. The monoisotopic (exact) mass is 254 g/mol. The lowest BCUT2D eigenvalue weighted by molar-refractivity contribution is -0.0407. The topological polar surface area (TPSA) is 52.6 Å². The first-order valence-electron chi connectivity index (χ1n) is 7.04. The van der Waals surface area contributed by atoms with Crippen molar-refractivity contribution < 1.29 is 9.90 Å². The van der Waals surface area contributed by atoms with Gasteiger partial charge in [0.15, 0.2) is 0 Å². The van der Waals surface area contributed by atoms with Gasteiger partial charge in [0.1, 0.15) is 0 Å². The van der Waals surface area contributed by atoms with Crippen molar-refractivity contribution in [1.82, 2.24) is 10.2 Å². The fraction of sp³-hybridized carbons (Fsp3) is 0.929. The molecule has 2 aliphatic heterocycles. The molecular weight excluding hydrogens is 228 g/mol. The predicted molar refractivity (Wildman–Crippen MR) is 71.7 cm³/mol. The van der Waals surface area contributed by atoms with Gasteiger partial charge in [-0.1, -0.05) is 20.8 Å². The molecule has 1 unspecified atom stereocenters. The zero-order valence-electron chi connectivity index (χ0n) is 11.8. The largest absolute Gasteiger partial charge is 0.465 e. The molecule has 0 aromatic rings. The number of hydrogen-bond donors (Lipinski definition) is 2. The third kappa shape index (κ3) is 2.48. The number of hydrogen-bond acceptors (Lipinski definition) is 2. The number of carbonyl (C=O) groups is 1. The summed E-state index contributed by atoms with van der Waals surface area (Å²) in [6.45, 7) is 10.4. The summed E-state index contributed by atoms with van der Waals surface area (Å²) >= 11 is 0. The quantitative estimate of drug-likeness (QED) is 0.698. The first kappa shape index (κ1) is 13.7. The average molecular weight is 254 g/mol. The Morgan fingerprint density at radius 3 is 2.39 bits per heavy atom. The van der Waals surface area contributed by atoms with E-state index in [0.29, 0.717) is 24.4 Å². The predicted octanol–water partition coefficient (Wildman–Crippen LogP) is 2.40. The summed E-state index contributed by atoms with van der Waals surface area (Å²) in [4.78, 5) is 12.8. The van der Waals surface area contributed by atoms with Gasteiger partial charge in [0.2, 0.25) is 0 Å². The molecule has 1 atom stereocenters. The van der Waals surface area contributed by atoms with E-state index in [1.54, 1.807) is 4.90 Å². The van der Waals surface area contributed by atoms with E-state index in [4.69, 9.17) is 0 Å². The first-order valence-corrected chi connectivity index (χ1v) is 7.04. The number of carboxylic acid groups (broad SMARTS) is 1. The molecule has 0 radical (unpaired) electrons. The molecule has 1 amide bonds. The molecule has 2 fully saturated rings. The maximum atomic E-state index is 11.2. The number of piperidine rings is 2. The van der Waals surface area contributed by atoms with Crippen LogP contribution in [0.5, 0.6) is 0 Å². The van der Waals surface area contributed by atoms with E-state index in [2.05, 4.69) is 26.1 Å². The Labute approximate surface area is 110 Å². The first-order chi connectivity index (χ1) is 8.35. The zero-order chi connectivity index (χ0) is 13.4. The van der Waals surface area contributed by atoms with E-state index >= 15 is 0 Å². The highest BCUT2D eigenvalue weighted by Crippen LogP contribution is 2.50. The molecule has 4 heteroatoms. The van der Waals surface area contributed by atoms with Crippen LogP contribution >= 0.6 is 0 Å². The van der Waals surface area contributed by atoms with Crippen LogP contribution in [0, 0.1) is 16.7 Å². The SMILES string of the molecule is CC(C)(C)C1CN(C(=O)O)CCC12CCNCC2. The van der Waals surface area contributed by atoms with Crippen molar-refractivity contribution in [2.75, 3.05) is 26.2 Å². The molecule has 1 spiro atoms. The van der Waals surface area contributed by atoms with Crippen molar-refractivity contribution in [2.45, 2.75) is 40.0 Å². The number of amides is 1. The maximum Gasteiger partial charge on any atom is 0.407 e. The summed E-state index contributed by atoms with van der Waals surface area (Å²) in [6.07, 6.45) is 2.67. The summed E-state index contributed by atoms with van der Waals surface area (Å²) < 4.78 is 0. The van der Waals surface area contributed by atoms with Crippen LogP contribution in [0.4, 0.5) is 4.79 Å². The number of nitrogens with zero attached hydrogens (tertiary/aromatic N) is 1. The van der Waals surface area contributed by atoms with Crippen molar-refractivity contribution in [3.8, 4) is 0 Å². The Hall–Kier alpha value is -0.770. The van der Waals surface area contributed by atoms with E-state index in [1.807, 2.05) is 0 Å². The summed E-state index contributed by atoms with van der Waals surface area (Å²) in [6, 6.07) is 0. The molecule has 18 heavy (non-hydrogen) atoms. The highest BCUT2D eigenvalue weighted by atomic mass is 16.4. The van der Waals surface area contributed by atoms with Gasteiger partial charge in [0.25, 0.3) is 0 Å². The van der Waals surface area contributed by atoms with Crippen LogP contribution in [0.15, 0.2) is 0 Å².